The topological polar surface area (TPSA) is 49.4 Å². The van der Waals surface area contributed by atoms with E-state index in [0.29, 0.717) is 18.9 Å². The summed E-state index contributed by atoms with van der Waals surface area (Å²) < 4.78 is 0. The Labute approximate surface area is 115 Å². The van der Waals surface area contributed by atoms with Crippen LogP contribution in [0.1, 0.15) is 53.4 Å². The predicted molar refractivity (Wildman–Crippen MR) is 74.5 cm³/mol. The van der Waals surface area contributed by atoms with Gasteiger partial charge in [-0.2, -0.15) is 0 Å². The van der Waals surface area contributed by atoms with E-state index >= 15 is 0 Å². The molecular formula is C15H26N2O2. The van der Waals surface area contributed by atoms with Crippen LogP contribution in [0.2, 0.25) is 0 Å². The van der Waals surface area contributed by atoms with E-state index in [0.717, 1.165) is 19.3 Å². The summed E-state index contributed by atoms with van der Waals surface area (Å²) in [5.74, 6) is 0.544. The molecule has 2 atom stereocenters. The van der Waals surface area contributed by atoms with Crippen LogP contribution in [0.5, 0.6) is 0 Å². The largest absolute Gasteiger partial charge is 0.342 e. The van der Waals surface area contributed by atoms with Crippen molar-refractivity contribution >= 4 is 11.8 Å². The average molecular weight is 266 g/mol. The molecule has 2 rings (SSSR count). The van der Waals surface area contributed by atoms with Gasteiger partial charge in [0.1, 0.15) is 12.1 Å². The molecule has 1 aliphatic carbocycles. The van der Waals surface area contributed by atoms with Gasteiger partial charge in [-0.3, -0.25) is 9.59 Å². The second kappa shape index (κ2) is 5.14. The Kier molecular flexibility index (Phi) is 3.88. The molecule has 1 heterocycles. The first kappa shape index (κ1) is 14.4. The summed E-state index contributed by atoms with van der Waals surface area (Å²) in [5.41, 5.74) is 0.0643. The first-order valence-corrected chi connectivity index (χ1v) is 7.50. The molecular weight excluding hydrogens is 240 g/mol. The zero-order valence-corrected chi connectivity index (χ0v) is 12.5. The van der Waals surface area contributed by atoms with Crippen LogP contribution in [0.3, 0.4) is 0 Å². The zero-order valence-electron chi connectivity index (χ0n) is 12.5. The third kappa shape index (κ3) is 2.93. The second-order valence-electron chi connectivity index (χ2n) is 6.73. The highest BCUT2D eigenvalue weighted by Gasteiger charge is 2.47. The van der Waals surface area contributed by atoms with Gasteiger partial charge in [-0.1, -0.05) is 27.7 Å². The van der Waals surface area contributed by atoms with Crippen LogP contribution in [0.25, 0.3) is 0 Å². The van der Waals surface area contributed by atoms with Crippen molar-refractivity contribution in [3.8, 4) is 0 Å². The summed E-state index contributed by atoms with van der Waals surface area (Å²) in [7, 11) is 0. The number of nitrogens with zero attached hydrogens (tertiary/aromatic N) is 1. The minimum absolute atomic E-state index is 0.0332. The maximum Gasteiger partial charge on any atom is 0.246 e. The number of carbonyl (C=O) groups is 2. The lowest BCUT2D eigenvalue weighted by molar-refractivity contribution is -0.151. The molecule has 0 radical (unpaired) electrons. The molecule has 0 aromatic heterocycles. The minimum atomic E-state index is -0.284. The highest BCUT2D eigenvalue weighted by atomic mass is 16.2. The Hall–Kier alpha value is -1.06. The summed E-state index contributed by atoms with van der Waals surface area (Å²) in [6, 6.07) is -0.545. The molecule has 1 saturated heterocycles. The molecule has 2 unspecified atom stereocenters. The summed E-state index contributed by atoms with van der Waals surface area (Å²) >= 11 is 0. The van der Waals surface area contributed by atoms with Crippen molar-refractivity contribution in [1.29, 1.82) is 0 Å². The number of amides is 2. The first-order valence-electron chi connectivity index (χ1n) is 7.50. The maximum atomic E-state index is 12.6. The van der Waals surface area contributed by atoms with Crippen LogP contribution < -0.4 is 5.32 Å². The normalized spacial score (nSPS) is 28.5. The number of hydrogen-bond donors (Lipinski definition) is 1. The molecule has 0 aromatic rings. The maximum absolute atomic E-state index is 12.6. The highest BCUT2D eigenvalue weighted by molar-refractivity contribution is 5.97. The minimum Gasteiger partial charge on any atom is -0.342 e. The van der Waals surface area contributed by atoms with Crippen LogP contribution in [0.15, 0.2) is 0 Å². The van der Waals surface area contributed by atoms with Crippen LogP contribution in [0.4, 0.5) is 0 Å². The monoisotopic (exact) mass is 266 g/mol. The van der Waals surface area contributed by atoms with Crippen LogP contribution in [0, 0.1) is 11.3 Å². The third-order valence-electron chi connectivity index (χ3n) is 4.56. The fourth-order valence-corrected chi connectivity index (χ4v) is 2.70. The van der Waals surface area contributed by atoms with Crippen molar-refractivity contribution in [2.75, 3.05) is 6.54 Å². The van der Waals surface area contributed by atoms with E-state index in [1.54, 1.807) is 0 Å². The molecule has 1 saturated carbocycles. The smallest absolute Gasteiger partial charge is 0.246 e. The van der Waals surface area contributed by atoms with Crippen molar-refractivity contribution in [1.82, 2.24) is 10.2 Å². The van der Waals surface area contributed by atoms with E-state index in [9.17, 15) is 9.59 Å². The summed E-state index contributed by atoms with van der Waals surface area (Å²) in [5, 5.41) is 2.93. The average Bonchev–Trinajstić information content (AvgIpc) is 3.17. The fraction of sp³-hybridized carbons (Fsp3) is 0.867. The summed E-state index contributed by atoms with van der Waals surface area (Å²) in [6.07, 6.45) is 3.83. The van der Waals surface area contributed by atoms with Gasteiger partial charge in [-0.15, -0.1) is 0 Å². The molecule has 4 nitrogen and oxygen atoms in total. The lowest BCUT2D eigenvalue weighted by Gasteiger charge is -2.42. The van der Waals surface area contributed by atoms with Crippen LogP contribution in [-0.4, -0.2) is 35.3 Å². The van der Waals surface area contributed by atoms with Gasteiger partial charge >= 0.3 is 0 Å². The Bertz CT molecular complexity index is 374. The SMILES string of the molecule is CCC1C(=O)NC(C2CC2)C(=O)N1CC(C)(C)CC. The number of hydrogen-bond acceptors (Lipinski definition) is 2. The number of carbonyl (C=O) groups excluding carboxylic acids is 2. The molecule has 19 heavy (non-hydrogen) atoms. The number of rotatable bonds is 5. The Morgan fingerprint density at radius 2 is 1.89 bits per heavy atom. The highest BCUT2D eigenvalue weighted by Crippen LogP contribution is 2.36. The molecule has 2 aliphatic rings. The molecule has 4 heteroatoms. The lowest BCUT2D eigenvalue weighted by Crippen LogP contribution is -2.65. The first-order chi connectivity index (χ1) is 8.89. The predicted octanol–water partition coefficient (Wildman–Crippen LogP) is 1.94. The van der Waals surface area contributed by atoms with Crippen molar-refractivity contribution in [2.24, 2.45) is 11.3 Å². The van der Waals surface area contributed by atoms with Crippen molar-refractivity contribution in [3.05, 3.63) is 0 Å². The fourth-order valence-electron chi connectivity index (χ4n) is 2.70. The van der Waals surface area contributed by atoms with E-state index in [1.807, 2.05) is 11.8 Å². The Morgan fingerprint density at radius 1 is 1.26 bits per heavy atom. The van der Waals surface area contributed by atoms with Crippen molar-refractivity contribution in [3.63, 3.8) is 0 Å². The van der Waals surface area contributed by atoms with Gasteiger partial charge in [0.05, 0.1) is 0 Å². The molecule has 0 aromatic carbocycles. The van der Waals surface area contributed by atoms with Gasteiger partial charge in [-0.25, -0.2) is 0 Å². The van der Waals surface area contributed by atoms with E-state index in [1.165, 1.54) is 0 Å². The molecule has 1 N–H and O–H groups in total. The molecule has 2 fully saturated rings. The number of piperazine rings is 1. The Balaban J connectivity index is 2.18. The second-order valence-corrected chi connectivity index (χ2v) is 6.73. The summed E-state index contributed by atoms with van der Waals surface area (Å²) in [6.45, 7) is 9.10. The molecule has 0 bridgehead atoms. The van der Waals surface area contributed by atoms with Gasteiger partial charge < -0.3 is 10.2 Å². The van der Waals surface area contributed by atoms with Gasteiger partial charge in [0.2, 0.25) is 11.8 Å². The molecule has 2 amide bonds. The van der Waals surface area contributed by atoms with Gasteiger partial charge in [-0.05, 0) is 37.0 Å². The third-order valence-corrected chi connectivity index (χ3v) is 4.56. The molecule has 1 aliphatic heterocycles. The molecule has 0 spiro atoms. The van der Waals surface area contributed by atoms with E-state index in [-0.39, 0.29) is 29.3 Å². The Morgan fingerprint density at radius 3 is 2.37 bits per heavy atom. The number of nitrogens with one attached hydrogen (secondary N) is 1. The van der Waals surface area contributed by atoms with E-state index in [2.05, 4.69) is 26.1 Å². The van der Waals surface area contributed by atoms with Crippen molar-refractivity contribution < 1.29 is 9.59 Å². The quantitative estimate of drug-likeness (QED) is 0.826. The van der Waals surface area contributed by atoms with Gasteiger partial charge in [0.25, 0.3) is 0 Å². The van der Waals surface area contributed by atoms with Crippen molar-refractivity contribution in [2.45, 2.75) is 65.5 Å². The zero-order chi connectivity index (χ0) is 14.2. The van der Waals surface area contributed by atoms with Crippen LogP contribution >= 0.6 is 0 Å². The van der Waals surface area contributed by atoms with E-state index < -0.39 is 0 Å². The van der Waals surface area contributed by atoms with Crippen LogP contribution in [-0.2, 0) is 9.59 Å². The van der Waals surface area contributed by atoms with Gasteiger partial charge in [0.15, 0.2) is 0 Å². The van der Waals surface area contributed by atoms with Gasteiger partial charge in [0, 0.05) is 6.54 Å². The summed E-state index contributed by atoms with van der Waals surface area (Å²) in [4.78, 5) is 26.7. The standard InChI is InChI=1S/C15H26N2O2/c1-5-11-13(18)16-12(10-7-8-10)14(19)17(11)9-15(3,4)6-2/h10-12H,5-9H2,1-4H3,(H,16,18). The molecule has 108 valence electrons. The lowest BCUT2D eigenvalue weighted by atomic mass is 9.87. The van der Waals surface area contributed by atoms with E-state index in [4.69, 9.17) is 0 Å².